The van der Waals surface area contributed by atoms with Gasteiger partial charge in [0.25, 0.3) is 0 Å². The second-order valence-corrected chi connectivity index (χ2v) is 7.83. The van der Waals surface area contributed by atoms with E-state index in [0.717, 1.165) is 34.6 Å². The Morgan fingerprint density at radius 3 is 2.56 bits per heavy atom. The molecule has 0 radical (unpaired) electrons. The smallest absolute Gasteiger partial charge is 0.159 e. The predicted octanol–water partition coefficient (Wildman–Crippen LogP) is 6.21. The number of aromatic nitrogens is 2. The van der Waals surface area contributed by atoms with Crippen LogP contribution in [0.25, 0.3) is 11.4 Å². The highest BCUT2D eigenvalue weighted by molar-refractivity contribution is 9.10. The normalized spacial score (nSPS) is 15.3. The minimum Gasteiger partial charge on any atom is -0.492 e. The number of nitrogens with zero attached hydrogens (tertiary/aromatic N) is 2. The van der Waals surface area contributed by atoms with Crippen LogP contribution < -0.4 is 4.74 Å². The first-order chi connectivity index (χ1) is 12.3. The van der Waals surface area contributed by atoms with Crippen molar-refractivity contribution in [2.24, 2.45) is 5.92 Å². The topological polar surface area (TPSA) is 35.0 Å². The maximum Gasteiger partial charge on any atom is 0.159 e. The van der Waals surface area contributed by atoms with E-state index < -0.39 is 0 Å². The lowest BCUT2D eigenvalue weighted by atomic mass is 9.90. The zero-order valence-electron chi connectivity index (χ0n) is 15.0. The highest BCUT2D eigenvalue weighted by atomic mass is 79.9. The van der Waals surface area contributed by atoms with Crippen LogP contribution in [-0.4, -0.2) is 16.6 Å². The molecule has 0 spiro atoms. The summed E-state index contributed by atoms with van der Waals surface area (Å²) < 4.78 is 7.01. The molecule has 3 nitrogen and oxygen atoms in total. The molecule has 1 aromatic carbocycles. The third kappa shape index (κ3) is 5.27. The minimum atomic E-state index is 0.708. The van der Waals surface area contributed by atoms with Crippen LogP contribution in [0.2, 0.25) is 0 Å². The van der Waals surface area contributed by atoms with Crippen LogP contribution in [0.3, 0.4) is 0 Å². The first-order valence-electron chi connectivity index (χ1n) is 9.50. The van der Waals surface area contributed by atoms with E-state index >= 15 is 0 Å². The lowest BCUT2D eigenvalue weighted by Gasteiger charge is -2.22. The fraction of sp³-hybridized carbons (Fsp3) is 0.524. The minimum absolute atomic E-state index is 0.708. The molecule has 0 amide bonds. The van der Waals surface area contributed by atoms with Gasteiger partial charge >= 0.3 is 0 Å². The summed E-state index contributed by atoms with van der Waals surface area (Å²) in [6.07, 6.45) is 14.0. The van der Waals surface area contributed by atoms with Crippen LogP contribution in [0, 0.1) is 5.92 Å². The second-order valence-electron chi connectivity index (χ2n) is 6.98. The van der Waals surface area contributed by atoms with Crippen molar-refractivity contribution in [1.29, 1.82) is 0 Å². The van der Waals surface area contributed by atoms with Crippen molar-refractivity contribution in [3.63, 3.8) is 0 Å². The highest BCUT2D eigenvalue weighted by Gasteiger charge is 2.15. The molecule has 0 unspecified atom stereocenters. The van der Waals surface area contributed by atoms with E-state index in [2.05, 4.69) is 38.9 Å². The summed E-state index contributed by atoms with van der Waals surface area (Å²) in [5.41, 5.74) is 2.22. The van der Waals surface area contributed by atoms with E-state index in [-0.39, 0.29) is 0 Å². The molecule has 0 N–H and O–H groups in total. The van der Waals surface area contributed by atoms with Crippen LogP contribution in [0.5, 0.6) is 5.75 Å². The Morgan fingerprint density at radius 1 is 1.12 bits per heavy atom. The molecule has 2 aromatic rings. The molecule has 1 aliphatic carbocycles. The zero-order chi connectivity index (χ0) is 17.5. The molecule has 0 atom stereocenters. The Balaban J connectivity index is 1.62. The summed E-state index contributed by atoms with van der Waals surface area (Å²) in [6.45, 7) is 3.02. The molecule has 1 saturated carbocycles. The van der Waals surface area contributed by atoms with E-state index in [9.17, 15) is 0 Å². The molecule has 25 heavy (non-hydrogen) atoms. The van der Waals surface area contributed by atoms with Crippen molar-refractivity contribution < 1.29 is 4.74 Å². The second kappa shape index (κ2) is 9.33. The standard InChI is InChI=1S/C21H27BrN2O/c1-2-3-7-17-13-23-21(24-14-17)18-10-11-20(19(22)12-18)25-15-16-8-5-4-6-9-16/h10-14,16H,2-9,15H2,1H3. The van der Waals surface area contributed by atoms with Gasteiger partial charge in [-0.1, -0.05) is 32.6 Å². The Labute approximate surface area is 159 Å². The summed E-state index contributed by atoms with van der Waals surface area (Å²) in [4.78, 5) is 9.04. The molecule has 1 heterocycles. The number of halogens is 1. The van der Waals surface area contributed by atoms with Gasteiger partial charge in [0, 0.05) is 18.0 Å². The molecular weight excluding hydrogens is 376 g/mol. The summed E-state index contributed by atoms with van der Waals surface area (Å²) in [7, 11) is 0. The monoisotopic (exact) mass is 402 g/mol. The van der Waals surface area contributed by atoms with E-state index in [1.807, 2.05) is 24.5 Å². The van der Waals surface area contributed by atoms with Gasteiger partial charge in [-0.25, -0.2) is 9.97 Å². The number of ether oxygens (including phenoxy) is 1. The Bertz CT molecular complexity index is 666. The van der Waals surface area contributed by atoms with Gasteiger partial charge in [-0.15, -0.1) is 0 Å². The quantitative estimate of drug-likeness (QED) is 0.552. The van der Waals surface area contributed by atoms with Crippen molar-refractivity contribution in [3.05, 3.63) is 40.6 Å². The fourth-order valence-electron chi connectivity index (χ4n) is 3.33. The van der Waals surface area contributed by atoms with Gasteiger partial charge in [0.2, 0.25) is 0 Å². The number of hydrogen-bond acceptors (Lipinski definition) is 3. The highest BCUT2D eigenvalue weighted by Crippen LogP contribution is 2.31. The molecule has 4 heteroatoms. The molecule has 3 rings (SSSR count). The summed E-state index contributed by atoms with van der Waals surface area (Å²) >= 11 is 3.64. The first-order valence-corrected chi connectivity index (χ1v) is 10.3. The lowest BCUT2D eigenvalue weighted by molar-refractivity contribution is 0.208. The average Bonchev–Trinajstić information content (AvgIpc) is 2.66. The van der Waals surface area contributed by atoms with Crippen LogP contribution >= 0.6 is 15.9 Å². The van der Waals surface area contributed by atoms with Gasteiger partial charge in [0.05, 0.1) is 11.1 Å². The fourth-order valence-corrected chi connectivity index (χ4v) is 3.83. The van der Waals surface area contributed by atoms with Gasteiger partial charge in [-0.3, -0.25) is 0 Å². The van der Waals surface area contributed by atoms with Crippen molar-refractivity contribution in [3.8, 4) is 17.1 Å². The maximum absolute atomic E-state index is 6.04. The van der Waals surface area contributed by atoms with Crippen molar-refractivity contribution in [1.82, 2.24) is 9.97 Å². The summed E-state index contributed by atoms with van der Waals surface area (Å²) in [6, 6.07) is 6.12. The average molecular weight is 403 g/mol. The molecule has 1 fully saturated rings. The number of benzene rings is 1. The first kappa shape index (κ1) is 18.4. The molecule has 0 bridgehead atoms. The number of rotatable bonds is 7. The largest absolute Gasteiger partial charge is 0.492 e. The number of unbranched alkanes of at least 4 members (excludes halogenated alkanes) is 1. The third-order valence-corrected chi connectivity index (χ3v) is 5.53. The van der Waals surface area contributed by atoms with Gasteiger partial charge in [-0.2, -0.15) is 0 Å². The molecule has 134 valence electrons. The molecule has 0 aliphatic heterocycles. The van der Waals surface area contributed by atoms with Gasteiger partial charge < -0.3 is 4.74 Å². The SMILES string of the molecule is CCCCc1cnc(-c2ccc(OCC3CCCCC3)c(Br)c2)nc1. The number of aryl methyl sites for hydroxylation is 1. The number of hydrogen-bond donors (Lipinski definition) is 0. The van der Waals surface area contributed by atoms with Gasteiger partial charge in [0.15, 0.2) is 5.82 Å². The van der Waals surface area contributed by atoms with E-state index in [0.29, 0.717) is 5.92 Å². The van der Waals surface area contributed by atoms with E-state index in [1.165, 1.54) is 50.5 Å². The Hall–Kier alpha value is -1.42. The van der Waals surface area contributed by atoms with Crippen molar-refractivity contribution >= 4 is 15.9 Å². The Morgan fingerprint density at radius 2 is 1.88 bits per heavy atom. The van der Waals surface area contributed by atoms with Crippen LogP contribution in [-0.2, 0) is 6.42 Å². The molecule has 1 aliphatic rings. The molecular formula is C21H27BrN2O. The van der Waals surface area contributed by atoms with E-state index in [1.54, 1.807) is 0 Å². The van der Waals surface area contributed by atoms with Crippen LogP contribution in [0.15, 0.2) is 35.1 Å². The van der Waals surface area contributed by atoms with E-state index in [4.69, 9.17) is 4.74 Å². The summed E-state index contributed by atoms with van der Waals surface area (Å²) in [5.74, 6) is 2.38. The predicted molar refractivity (Wildman–Crippen MR) is 106 cm³/mol. The zero-order valence-corrected chi connectivity index (χ0v) is 16.6. The van der Waals surface area contributed by atoms with Crippen molar-refractivity contribution in [2.75, 3.05) is 6.61 Å². The van der Waals surface area contributed by atoms with Gasteiger partial charge in [-0.05, 0) is 71.3 Å². The van der Waals surface area contributed by atoms with Crippen LogP contribution in [0.4, 0.5) is 0 Å². The molecule has 1 aromatic heterocycles. The van der Waals surface area contributed by atoms with Crippen molar-refractivity contribution in [2.45, 2.75) is 58.3 Å². The maximum atomic E-state index is 6.04. The molecule has 0 saturated heterocycles. The van der Waals surface area contributed by atoms with Gasteiger partial charge in [0.1, 0.15) is 5.75 Å². The summed E-state index contributed by atoms with van der Waals surface area (Å²) in [5, 5.41) is 0. The van der Waals surface area contributed by atoms with Crippen LogP contribution in [0.1, 0.15) is 57.4 Å². The Kier molecular flexibility index (Phi) is 6.85. The lowest BCUT2D eigenvalue weighted by Crippen LogP contribution is -2.15. The third-order valence-electron chi connectivity index (χ3n) is 4.91.